The van der Waals surface area contributed by atoms with Gasteiger partial charge in [-0.05, 0) is 19.3 Å². The van der Waals surface area contributed by atoms with E-state index in [9.17, 15) is 9.00 Å². The molecular weight excluding hydrogens is 178 g/mol. The molecule has 0 amide bonds. The first-order chi connectivity index (χ1) is 5.65. The van der Waals surface area contributed by atoms with Crippen molar-refractivity contribution in [1.82, 2.24) is 0 Å². The van der Waals surface area contributed by atoms with Gasteiger partial charge in [-0.3, -0.25) is 9.93 Å². The van der Waals surface area contributed by atoms with Crippen molar-refractivity contribution < 1.29 is 13.7 Å². The second kappa shape index (κ2) is 4.00. The number of hydrogen-bond acceptors (Lipinski definition) is 3. The Morgan fingerprint density at radius 2 is 2.25 bits per heavy atom. The minimum Gasteiger partial charge on any atom is -0.469 e. The molecule has 1 rings (SSSR count). The largest absolute Gasteiger partial charge is 0.469 e. The summed E-state index contributed by atoms with van der Waals surface area (Å²) in [6.07, 6.45) is 2.12. The van der Waals surface area contributed by atoms with Gasteiger partial charge in [-0.2, -0.15) is 0 Å². The molecule has 0 heterocycles. The van der Waals surface area contributed by atoms with E-state index in [0.29, 0.717) is 6.42 Å². The molecule has 0 radical (unpaired) electrons. The molecule has 0 bridgehead atoms. The molecule has 1 fully saturated rings. The van der Waals surface area contributed by atoms with Crippen molar-refractivity contribution in [2.45, 2.75) is 24.5 Å². The Labute approximate surface area is 74.0 Å². The third-order valence-electron chi connectivity index (χ3n) is 2.25. The molecule has 0 aromatic rings. The summed E-state index contributed by atoms with van der Waals surface area (Å²) in [6.45, 7) is 0. The number of carbonyl (C=O) groups is 1. The lowest BCUT2D eigenvalue weighted by molar-refractivity contribution is -0.145. The van der Waals surface area contributed by atoms with Crippen molar-refractivity contribution in [2.75, 3.05) is 7.11 Å². The maximum atomic E-state index is 11.0. The smallest absolute Gasteiger partial charge is 0.308 e. The SMILES string of the molecule is COC(=O)[C@@H]1CC[C@H](S(N)=O)C1. The van der Waals surface area contributed by atoms with Crippen LogP contribution >= 0.6 is 0 Å². The highest BCUT2D eigenvalue weighted by atomic mass is 32.2. The summed E-state index contributed by atoms with van der Waals surface area (Å²) >= 11 is 0. The van der Waals surface area contributed by atoms with Crippen LogP contribution in [0.3, 0.4) is 0 Å². The van der Waals surface area contributed by atoms with E-state index in [0.717, 1.165) is 12.8 Å². The maximum Gasteiger partial charge on any atom is 0.308 e. The fourth-order valence-corrected chi connectivity index (χ4v) is 2.32. The number of esters is 1. The lowest BCUT2D eigenvalue weighted by Crippen LogP contribution is -2.20. The highest BCUT2D eigenvalue weighted by Crippen LogP contribution is 2.28. The van der Waals surface area contributed by atoms with Crippen LogP contribution in [0.25, 0.3) is 0 Å². The zero-order valence-corrected chi connectivity index (χ0v) is 7.80. The zero-order valence-electron chi connectivity index (χ0n) is 6.99. The minimum atomic E-state index is -1.29. The summed E-state index contributed by atoms with van der Waals surface area (Å²) in [5.74, 6) is -0.296. The summed E-state index contributed by atoms with van der Waals surface area (Å²) < 4.78 is 15.4. The Morgan fingerprint density at radius 3 is 2.67 bits per heavy atom. The molecule has 12 heavy (non-hydrogen) atoms. The van der Waals surface area contributed by atoms with Crippen molar-refractivity contribution in [3.05, 3.63) is 0 Å². The molecule has 0 aromatic heterocycles. The molecule has 0 aromatic carbocycles. The standard InChI is InChI=1S/C7H13NO3S/c1-11-7(9)5-2-3-6(4-5)12(8)10/h5-6H,2-4,8H2,1H3/t5-,6+,12?/m1/s1. The van der Waals surface area contributed by atoms with Gasteiger partial charge in [0.15, 0.2) is 0 Å². The van der Waals surface area contributed by atoms with Crippen LogP contribution < -0.4 is 5.14 Å². The number of rotatable bonds is 2. The molecule has 1 aliphatic rings. The van der Waals surface area contributed by atoms with Crippen LogP contribution in [-0.4, -0.2) is 22.5 Å². The van der Waals surface area contributed by atoms with Gasteiger partial charge in [-0.1, -0.05) is 0 Å². The van der Waals surface area contributed by atoms with Crippen molar-refractivity contribution in [2.24, 2.45) is 11.1 Å². The average Bonchev–Trinajstić information content (AvgIpc) is 2.51. The monoisotopic (exact) mass is 191 g/mol. The van der Waals surface area contributed by atoms with Gasteiger partial charge in [0.1, 0.15) is 0 Å². The van der Waals surface area contributed by atoms with E-state index < -0.39 is 11.0 Å². The number of hydrogen-bond donors (Lipinski definition) is 1. The fourth-order valence-electron chi connectivity index (χ4n) is 1.53. The first-order valence-corrected chi connectivity index (χ1v) is 5.15. The topological polar surface area (TPSA) is 69.4 Å². The number of nitrogens with two attached hydrogens (primary N) is 1. The second-order valence-electron chi connectivity index (χ2n) is 2.98. The molecule has 1 aliphatic carbocycles. The highest BCUT2D eigenvalue weighted by Gasteiger charge is 2.32. The Balaban J connectivity index is 2.45. The second-order valence-corrected chi connectivity index (χ2v) is 4.31. The number of ether oxygens (including phenoxy) is 1. The van der Waals surface area contributed by atoms with Crippen LogP contribution in [0.4, 0.5) is 0 Å². The van der Waals surface area contributed by atoms with E-state index >= 15 is 0 Å². The summed E-state index contributed by atoms with van der Waals surface area (Å²) in [7, 11) is 0.0822. The predicted octanol–water partition coefficient (Wildman–Crippen LogP) is -0.0495. The van der Waals surface area contributed by atoms with Gasteiger partial charge in [-0.15, -0.1) is 0 Å². The van der Waals surface area contributed by atoms with E-state index in [2.05, 4.69) is 4.74 Å². The molecular formula is C7H13NO3S. The molecule has 0 spiro atoms. The van der Waals surface area contributed by atoms with Crippen molar-refractivity contribution >= 4 is 17.0 Å². The van der Waals surface area contributed by atoms with Crippen LogP contribution in [0.1, 0.15) is 19.3 Å². The first kappa shape index (κ1) is 9.67. The molecule has 0 aliphatic heterocycles. The molecule has 1 unspecified atom stereocenters. The van der Waals surface area contributed by atoms with Gasteiger partial charge in [-0.25, -0.2) is 4.21 Å². The van der Waals surface area contributed by atoms with Gasteiger partial charge in [0.05, 0.1) is 24.0 Å². The summed E-state index contributed by atoms with van der Waals surface area (Å²) in [6, 6.07) is 0. The van der Waals surface area contributed by atoms with Gasteiger partial charge in [0.25, 0.3) is 0 Å². The zero-order chi connectivity index (χ0) is 9.14. The summed E-state index contributed by atoms with van der Waals surface area (Å²) in [5, 5.41) is 5.20. The minimum absolute atomic E-state index is 0.0194. The van der Waals surface area contributed by atoms with Crippen LogP contribution in [0, 0.1) is 5.92 Å². The molecule has 1 saturated carbocycles. The third-order valence-corrected chi connectivity index (χ3v) is 3.33. The van der Waals surface area contributed by atoms with E-state index in [1.807, 2.05) is 0 Å². The van der Waals surface area contributed by atoms with E-state index in [1.54, 1.807) is 0 Å². The van der Waals surface area contributed by atoms with Gasteiger partial charge >= 0.3 is 5.97 Å². The molecule has 3 atom stereocenters. The van der Waals surface area contributed by atoms with Gasteiger partial charge < -0.3 is 4.74 Å². The highest BCUT2D eigenvalue weighted by molar-refractivity contribution is 7.83. The van der Waals surface area contributed by atoms with E-state index in [-0.39, 0.29) is 17.1 Å². The third kappa shape index (κ3) is 2.04. The van der Waals surface area contributed by atoms with Gasteiger partial charge in [0.2, 0.25) is 0 Å². The lowest BCUT2D eigenvalue weighted by atomic mass is 10.1. The molecule has 5 heteroatoms. The Kier molecular flexibility index (Phi) is 3.22. The lowest BCUT2D eigenvalue weighted by Gasteiger charge is -2.06. The molecule has 2 N–H and O–H groups in total. The fraction of sp³-hybridized carbons (Fsp3) is 0.857. The molecule has 0 saturated heterocycles. The Bertz CT molecular complexity index is 207. The van der Waals surface area contributed by atoms with Crippen molar-refractivity contribution in [3.8, 4) is 0 Å². The van der Waals surface area contributed by atoms with E-state index in [1.165, 1.54) is 7.11 Å². The average molecular weight is 191 g/mol. The quantitative estimate of drug-likeness (QED) is 0.622. The van der Waals surface area contributed by atoms with Crippen molar-refractivity contribution in [1.29, 1.82) is 0 Å². The molecule has 70 valence electrons. The maximum absolute atomic E-state index is 11.0. The normalized spacial score (nSPS) is 31.5. The van der Waals surface area contributed by atoms with Crippen LogP contribution in [0.15, 0.2) is 0 Å². The van der Waals surface area contributed by atoms with Crippen LogP contribution in [0.2, 0.25) is 0 Å². The first-order valence-electron chi connectivity index (χ1n) is 3.88. The number of methoxy groups -OCH3 is 1. The Morgan fingerprint density at radius 1 is 1.58 bits per heavy atom. The summed E-state index contributed by atoms with van der Waals surface area (Å²) in [5.41, 5.74) is 0. The van der Waals surface area contributed by atoms with Gasteiger partial charge in [0, 0.05) is 5.25 Å². The summed E-state index contributed by atoms with van der Waals surface area (Å²) in [4.78, 5) is 11.0. The Hall–Kier alpha value is -0.420. The van der Waals surface area contributed by atoms with Crippen LogP contribution in [0.5, 0.6) is 0 Å². The number of carbonyl (C=O) groups excluding carboxylic acids is 1. The molecule has 4 nitrogen and oxygen atoms in total. The van der Waals surface area contributed by atoms with Crippen molar-refractivity contribution in [3.63, 3.8) is 0 Å². The predicted molar refractivity (Wildman–Crippen MR) is 45.5 cm³/mol. The van der Waals surface area contributed by atoms with E-state index in [4.69, 9.17) is 5.14 Å². The van der Waals surface area contributed by atoms with Crippen LogP contribution in [-0.2, 0) is 20.5 Å².